The second-order valence-electron chi connectivity index (χ2n) is 7.95. The first-order valence-electron chi connectivity index (χ1n) is 9.05. The van der Waals surface area contributed by atoms with Crippen LogP contribution in [0.15, 0.2) is 0 Å². The van der Waals surface area contributed by atoms with Gasteiger partial charge in [0.2, 0.25) is 5.91 Å². The van der Waals surface area contributed by atoms with Crippen LogP contribution in [0.4, 0.5) is 0 Å². The molecule has 2 atom stereocenters. The van der Waals surface area contributed by atoms with Gasteiger partial charge in [-0.2, -0.15) is 0 Å². The zero-order chi connectivity index (χ0) is 20.2. The summed E-state index contributed by atoms with van der Waals surface area (Å²) in [5, 5.41) is 14.6. The lowest BCUT2D eigenvalue weighted by Gasteiger charge is -2.45. The number of Topliss-reactive ketones (excluding diaryl/α,β-unsaturated/α-hetero) is 1. The first kappa shape index (κ1) is 23.7. The molecular weight excluding hydrogens is 467 g/mol. The molecule has 8 heteroatoms. The van der Waals surface area contributed by atoms with Crippen LogP contribution in [0.5, 0.6) is 0 Å². The molecule has 0 aromatic carbocycles. The summed E-state index contributed by atoms with van der Waals surface area (Å²) < 4.78 is -0.202. The van der Waals surface area contributed by atoms with E-state index < -0.39 is 22.2 Å². The normalized spacial score (nSPS) is 19.8. The highest BCUT2D eigenvalue weighted by molar-refractivity contribution is 14.1. The van der Waals surface area contributed by atoms with E-state index in [0.717, 1.165) is 19.3 Å². The summed E-state index contributed by atoms with van der Waals surface area (Å²) in [5.41, 5.74) is -1.49. The van der Waals surface area contributed by atoms with E-state index in [2.05, 4.69) is 40.1 Å². The molecule has 1 saturated heterocycles. The van der Waals surface area contributed by atoms with Gasteiger partial charge in [0, 0.05) is 24.9 Å². The minimum atomic E-state index is -0.987. The molecule has 1 fully saturated rings. The number of hydrogen-bond acceptors (Lipinski definition) is 5. The summed E-state index contributed by atoms with van der Waals surface area (Å²) in [6.07, 6.45) is 2.54. The molecule has 3 N–H and O–H groups in total. The molecule has 1 rings (SSSR count). The fourth-order valence-corrected chi connectivity index (χ4v) is 5.81. The number of ketones is 1. The van der Waals surface area contributed by atoms with Gasteiger partial charge in [-0.05, 0) is 12.8 Å². The monoisotopic (exact) mass is 498 g/mol. The highest BCUT2D eigenvalue weighted by Crippen LogP contribution is 2.43. The lowest BCUT2D eigenvalue weighted by atomic mass is 9.74. The first-order chi connectivity index (χ1) is 11.9. The third kappa shape index (κ3) is 6.09. The molecule has 0 saturated carbocycles. The van der Waals surface area contributed by atoms with Crippen LogP contribution < -0.4 is 10.6 Å². The molecule has 6 nitrogen and oxygen atoms in total. The summed E-state index contributed by atoms with van der Waals surface area (Å²) >= 11 is 3.65. The van der Waals surface area contributed by atoms with Crippen molar-refractivity contribution in [2.75, 3.05) is 13.1 Å². The largest absolute Gasteiger partial charge is 0.480 e. The van der Waals surface area contributed by atoms with Crippen LogP contribution in [-0.4, -0.2) is 49.4 Å². The molecule has 0 radical (unpaired) electrons. The Hall–Kier alpha value is -0.350. The van der Waals surface area contributed by atoms with E-state index in [0.29, 0.717) is 13.1 Å². The molecule has 0 spiro atoms. The van der Waals surface area contributed by atoms with E-state index >= 15 is 0 Å². The number of carboxylic acids is 1. The highest BCUT2D eigenvalue weighted by atomic mass is 127. The van der Waals surface area contributed by atoms with Crippen LogP contribution in [-0.2, 0) is 14.4 Å². The number of alkyl halides is 1. The van der Waals surface area contributed by atoms with E-state index in [1.54, 1.807) is 0 Å². The second kappa shape index (κ2) is 9.23. The van der Waals surface area contributed by atoms with Crippen molar-refractivity contribution in [2.45, 2.75) is 73.8 Å². The molecule has 150 valence electrons. The van der Waals surface area contributed by atoms with Crippen molar-refractivity contribution in [1.29, 1.82) is 0 Å². The van der Waals surface area contributed by atoms with Gasteiger partial charge in [-0.3, -0.25) is 14.4 Å². The summed E-state index contributed by atoms with van der Waals surface area (Å²) in [6, 6.07) is 0. The average molecular weight is 498 g/mol. The Kier molecular flexibility index (Phi) is 8.41. The van der Waals surface area contributed by atoms with Gasteiger partial charge in [-0.15, -0.1) is 11.8 Å². The van der Waals surface area contributed by atoms with Crippen LogP contribution in [0.25, 0.3) is 0 Å². The summed E-state index contributed by atoms with van der Waals surface area (Å²) in [6.45, 7) is 10.4. The average Bonchev–Trinajstić information content (AvgIpc) is 2.49. The van der Waals surface area contributed by atoms with Gasteiger partial charge >= 0.3 is 5.97 Å². The number of nitrogens with one attached hydrogen (secondary N) is 2. The third-order valence-electron chi connectivity index (χ3n) is 4.50. The Balaban J connectivity index is 2.82. The molecule has 1 aliphatic rings. The van der Waals surface area contributed by atoms with Crippen LogP contribution in [0.3, 0.4) is 0 Å². The van der Waals surface area contributed by atoms with Crippen LogP contribution in [0, 0.1) is 5.41 Å². The van der Waals surface area contributed by atoms with Crippen molar-refractivity contribution < 1.29 is 19.5 Å². The van der Waals surface area contributed by atoms with Crippen LogP contribution >= 0.6 is 34.4 Å². The number of carbonyl (C=O) groups excluding carboxylic acids is 2. The smallest absolute Gasteiger partial charge is 0.317 e. The van der Waals surface area contributed by atoms with Gasteiger partial charge in [0.1, 0.15) is 10.8 Å². The first-order valence-corrected chi connectivity index (χ1v) is 11.0. The molecular formula is C18H31IN2O4S. The lowest BCUT2D eigenvalue weighted by molar-refractivity contribution is -0.141. The van der Waals surface area contributed by atoms with E-state index in [9.17, 15) is 19.5 Å². The Morgan fingerprint density at radius 2 is 1.85 bits per heavy atom. The van der Waals surface area contributed by atoms with Crippen molar-refractivity contribution in [1.82, 2.24) is 10.6 Å². The summed E-state index contributed by atoms with van der Waals surface area (Å²) in [7, 11) is 0. The van der Waals surface area contributed by atoms with Gasteiger partial charge < -0.3 is 15.7 Å². The SMILES string of the molecule is CCCC(I)(CC)SC(CC(=O)NC1(C(=O)C(C)(C)C)CNC1)C(=O)O. The Bertz CT molecular complexity index is 546. The van der Waals surface area contributed by atoms with Gasteiger partial charge in [-0.1, -0.05) is 63.6 Å². The topological polar surface area (TPSA) is 95.5 Å². The Labute approximate surface area is 174 Å². The van der Waals surface area contributed by atoms with Crippen LogP contribution in [0.2, 0.25) is 0 Å². The maximum Gasteiger partial charge on any atom is 0.317 e. The minimum Gasteiger partial charge on any atom is -0.480 e. The Morgan fingerprint density at radius 3 is 2.19 bits per heavy atom. The number of rotatable bonds is 10. The minimum absolute atomic E-state index is 0.0283. The van der Waals surface area contributed by atoms with Gasteiger partial charge in [0.15, 0.2) is 5.78 Å². The van der Waals surface area contributed by atoms with Crippen molar-refractivity contribution in [3.05, 3.63) is 0 Å². The number of carboxylic acid groups (broad SMARTS) is 1. The van der Waals surface area contributed by atoms with Crippen molar-refractivity contribution >= 4 is 52.0 Å². The van der Waals surface area contributed by atoms with Crippen LogP contribution in [0.1, 0.15) is 60.3 Å². The zero-order valence-electron chi connectivity index (χ0n) is 16.3. The predicted octanol–water partition coefficient (Wildman–Crippen LogP) is 2.98. The second-order valence-corrected chi connectivity index (χ2v) is 12.3. The molecule has 0 aromatic heterocycles. The molecule has 26 heavy (non-hydrogen) atoms. The maximum absolute atomic E-state index is 12.7. The number of amides is 1. The Morgan fingerprint density at radius 1 is 1.27 bits per heavy atom. The lowest BCUT2D eigenvalue weighted by Crippen LogP contribution is -2.75. The molecule has 0 aliphatic carbocycles. The predicted molar refractivity (Wildman–Crippen MR) is 114 cm³/mol. The van der Waals surface area contributed by atoms with Gasteiger partial charge in [-0.25, -0.2) is 0 Å². The standard InChI is InChI=1S/C18H31IN2O4S/c1-6-8-18(19,7-2)26-12(14(23)24)9-13(22)21-17(10-20-11-17)15(25)16(3,4)5/h12,20H,6-11H2,1-5H3,(H,21,22)(H,23,24). The molecule has 2 unspecified atom stereocenters. The third-order valence-corrected chi connectivity index (χ3v) is 8.13. The van der Waals surface area contributed by atoms with Crippen molar-refractivity contribution in [2.24, 2.45) is 5.41 Å². The number of hydrogen-bond donors (Lipinski definition) is 3. The van der Waals surface area contributed by atoms with E-state index in [1.807, 2.05) is 27.7 Å². The maximum atomic E-state index is 12.7. The van der Waals surface area contributed by atoms with E-state index in [1.165, 1.54) is 11.8 Å². The van der Waals surface area contributed by atoms with Gasteiger partial charge in [0.25, 0.3) is 0 Å². The zero-order valence-corrected chi connectivity index (χ0v) is 19.3. The van der Waals surface area contributed by atoms with Gasteiger partial charge in [0.05, 0.1) is 2.75 Å². The number of thioether (sulfide) groups is 1. The molecule has 0 aromatic rings. The van der Waals surface area contributed by atoms with Crippen molar-refractivity contribution in [3.63, 3.8) is 0 Å². The number of halogens is 1. The number of carbonyl (C=O) groups is 3. The fraction of sp³-hybridized carbons (Fsp3) is 0.833. The molecule has 0 bridgehead atoms. The molecule has 1 heterocycles. The molecule has 1 aliphatic heterocycles. The highest BCUT2D eigenvalue weighted by Gasteiger charge is 2.49. The van der Waals surface area contributed by atoms with E-state index in [-0.39, 0.29) is 20.9 Å². The molecule has 1 amide bonds. The summed E-state index contributed by atoms with van der Waals surface area (Å²) in [5.74, 6) is -1.39. The fourth-order valence-electron chi connectivity index (χ4n) is 3.01. The number of aliphatic carboxylic acids is 1. The van der Waals surface area contributed by atoms with E-state index in [4.69, 9.17) is 0 Å². The van der Waals surface area contributed by atoms with Crippen molar-refractivity contribution in [3.8, 4) is 0 Å². The summed E-state index contributed by atoms with van der Waals surface area (Å²) in [4.78, 5) is 37.0. The quantitative estimate of drug-likeness (QED) is 0.317.